The molecule has 0 saturated heterocycles. The quantitative estimate of drug-likeness (QED) is 0.539. The van der Waals surface area contributed by atoms with Crippen LogP contribution in [0.2, 0.25) is 5.02 Å². The molecule has 23 heavy (non-hydrogen) atoms. The monoisotopic (exact) mass is 321 g/mol. The number of rotatable bonds is 4. The van der Waals surface area contributed by atoms with Gasteiger partial charge in [-0.3, -0.25) is 0 Å². The van der Waals surface area contributed by atoms with Gasteiger partial charge in [-0.25, -0.2) is 4.98 Å². The first-order valence-corrected chi connectivity index (χ1v) is 7.94. The maximum absolute atomic E-state index is 5.98. The van der Waals surface area contributed by atoms with Crippen LogP contribution in [0.4, 0.5) is 0 Å². The smallest absolute Gasteiger partial charge is 0.0949 e. The van der Waals surface area contributed by atoms with E-state index in [0.29, 0.717) is 0 Å². The Labute approximate surface area is 139 Å². The molecule has 0 fully saturated rings. The third-order valence-electron chi connectivity index (χ3n) is 4.05. The van der Waals surface area contributed by atoms with Crippen LogP contribution < -0.4 is 0 Å². The van der Waals surface area contributed by atoms with Gasteiger partial charge in [-0.2, -0.15) is 0 Å². The third-order valence-corrected chi connectivity index (χ3v) is 4.30. The summed E-state index contributed by atoms with van der Waals surface area (Å²) in [6.07, 6.45) is 7.89. The van der Waals surface area contributed by atoms with Gasteiger partial charge in [-0.05, 0) is 29.3 Å². The van der Waals surface area contributed by atoms with Crippen molar-refractivity contribution in [1.82, 2.24) is 14.1 Å². The van der Waals surface area contributed by atoms with Crippen molar-refractivity contribution in [2.75, 3.05) is 0 Å². The van der Waals surface area contributed by atoms with Gasteiger partial charge in [0.25, 0.3) is 0 Å². The van der Waals surface area contributed by atoms with Crippen LogP contribution in [-0.4, -0.2) is 14.1 Å². The Bertz CT molecular complexity index is 921. The predicted molar refractivity (Wildman–Crippen MR) is 93.8 cm³/mol. The molecule has 0 aliphatic heterocycles. The van der Waals surface area contributed by atoms with Crippen molar-refractivity contribution < 1.29 is 0 Å². The lowest BCUT2D eigenvalue weighted by Gasteiger charge is -2.05. The molecular weight excluding hydrogens is 306 g/mol. The Morgan fingerprint density at radius 2 is 1.78 bits per heavy atom. The number of hydrogen-bond donors (Lipinski definition) is 0. The molecule has 114 valence electrons. The van der Waals surface area contributed by atoms with Crippen LogP contribution >= 0.6 is 11.6 Å². The fourth-order valence-corrected chi connectivity index (χ4v) is 3.07. The van der Waals surface area contributed by atoms with Gasteiger partial charge in [0.05, 0.1) is 12.9 Å². The summed E-state index contributed by atoms with van der Waals surface area (Å²) < 4.78 is 4.39. The minimum Gasteiger partial charge on any atom is -0.343 e. The molecule has 0 N–H and O–H groups in total. The lowest BCUT2D eigenvalue weighted by Crippen LogP contribution is -1.98. The van der Waals surface area contributed by atoms with E-state index in [9.17, 15) is 0 Å². The molecular formula is C19H16ClN3. The van der Waals surface area contributed by atoms with Crippen LogP contribution in [0.3, 0.4) is 0 Å². The summed E-state index contributed by atoms with van der Waals surface area (Å²) in [5, 5.41) is 2.06. The summed E-state index contributed by atoms with van der Waals surface area (Å²) in [5.41, 5.74) is 3.79. The fourth-order valence-electron chi connectivity index (χ4n) is 2.94. The molecule has 0 aliphatic rings. The predicted octanol–water partition coefficient (Wildman–Crippen LogP) is 4.59. The zero-order chi connectivity index (χ0) is 15.6. The molecule has 2 heterocycles. The van der Waals surface area contributed by atoms with Crippen molar-refractivity contribution in [3.63, 3.8) is 0 Å². The van der Waals surface area contributed by atoms with Gasteiger partial charge in [0.2, 0.25) is 0 Å². The molecule has 0 saturated carbocycles. The molecule has 0 atom stereocenters. The topological polar surface area (TPSA) is 22.8 Å². The first-order chi connectivity index (χ1) is 11.3. The van der Waals surface area contributed by atoms with Crippen molar-refractivity contribution >= 4 is 22.5 Å². The Hall–Kier alpha value is -2.52. The minimum atomic E-state index is 0.770. The van der Waals surface area contributed by atoms with E-state index in [4.69, 9.17) is 11.6 Å². The van der Waals surface area contributed by atoms with E-state index in [1.807, 2.05) is 30.9 Å². The van der Waals surface area contributed by atoms with Crippen molar-refractivity contribution in [3.05, 3.63) is 89.6 Å². The normalized spacial score (nSPS) is 11.2. The van der Waals surface area contributed by atoms with Crippen LogP contribution in [0.25, 0.3) is 10.9 Å². The zero-order valence-corrected chi connectivity index (χ0v) is 13.3. The van der Waals surface area contributed by atoms with Crippen LogP contribution in [0, 0.1) is 0 Å². The summed E-state index contributed by atoms with van der Waals surface area (Å²) in [6.45, 7) is 1.66. The fraction of sp³-hybridized carbons (Fsp3) is 0.105. The maximum Gasteiger partial charge on any atom is 0.0949 e. The Morgan fingerprint density at radius 3 is 2.57 bits per heavy atom. The number of para-hydroxylation sites is 1. The molecule has 2 aromatic carbocycles. The molecule has 4 aromatic rings. The highest BCUT2D eigenvalue weighted by molar-refractivity contribution is 6.30. The average Bonchev–Trinajstić information content (AvgIpc) is 3.19. The second-order valence-electron chi connectivity index (χ2n) is 5.66. The standard InChI is InChI=1S/C19H16ClN3/c20-17-7-5-15(6-8-17)11-23-13-16(12-22-10-9-21-14-22)18-3-1-2-4-19(18)23/h1-10,13-14H,11-12H2. The summed E-state index contributed by atoms with van der Waals surface area (Å²) in [5.74, 6) is 0. The van der Waals surface area contributed by atoms with Crippen LogP contribution in [-0.2, 0) is 13.1 Å². The second-order valence-corrected chi connectivity index (χ2v) is 6.10. The first kappa shape index (κ1) is 14.1. The Kier molecular flexibility index (Phi) is 3.64. The number of imidazole rings is 1. The van der Waals surface area contributed by atoms with E-state index < -0.39 is 0 Å². The Morgan fingerprint density at radius 1 is 0.957 bits per heavy atom. The van der Waals surface area contributed by atoms with Crippen LogP contribution in [0.15, 0.2) is 73.4 Å². The van der Waals surface area contributed by atoms with Gasteiger partial charge < -0.3 is 9.13 Å². The van der Waals surface area contributed by atoms with E-state index in [1.54, 1.807) is 0 Å². The SMILES string of the molecule is Clc1ccc(Cn2cc(Cn3ccnc3)c3ccccc32)cc1. The number of nitrogens with zero attached hydrogens (tertiary/aromatic N) is 3. The molecule has 2 aromatic heterocycles. The van der Waals surface area contributed by atoms with Gasteiger partial charge in [0.1, 0.15) is 0 Å². The minimum absolute atomic E-state index is 0.770. The van der Waals surface area contributed by atoms with E-state index >= 15 is 0 Å². The van der Waals surface area contributed by atoms with E-state index in [2.05, 4.69) is 56.7 Å². The summed E-state index contributed by atoms with van der Waals surface area (Å²) in [4.78, 5) is 4.12. The number of benzene rings is 2. The molecule has 0 bridgehead atoms. The van der Waals surface area contributed by atoms with Crippen molar-refractivity contribution in [3.8, 4) is 0 Å². The highest BCUT2D eigenvalue weighted by atomic mass is 35.5. The molecule has 4 heteroatoms. The molecule has 4 rings (SSSR count). The molecule has 0 spiro atoms. The van der Waals surface area contributed by atoms with Crippen molar-refractivity contribution in [2.45, 2.75) is 13.1 Å². The van der Waals surface area contributed by atoms with Gasteiger partial charge >= 0.3 is 0 Å². The number of halogens is 1. The third kappa shape index (κ3) is 2.88. The molecule has 0 unspecified atom stereocenters. The van der Waals surface area contributed by atoms with E-state index in [1.165, 1.54) is 22.0 Å². The highest BCUT2D eigenvalue weighted by Gasteiger charge is 2.09. The second kappa shape index (κ2) is 5.94. The molecule has 0 aliphatic carbocycles. The largest absolute Gasteiger partial charge is 0.343 e. The average molecular weight is 322 g/mol. The highest BCUT2D eigenvalue weighted by Crippen LogP contribution is 2.23. The summed E-state index contributed by atoms with van der Waals surface area (Å²) in [6, 6.07) is 16.6. The summed E-state index contributed by atoms with van der Waals surface area (Å²) >= 11 is 5.98. The molecule has 3 nitrogen and oxygen atoms in total. The van der Waals surface area contributed by atoms with Gasteiger partial charge in [-0.1, -0.05) is 41.9 Å². The van der Waals surface area contributed by atoms with Gasteiger partial charge in [0, 0.05) is 41.1 Å². The number of fused-ring (bicyclic) bond motifs is 1. The van der Waals surface area contributed by atoms with E-state index in [-0.39, 0.29) is 0 Å². The molecule has 0 amide bonds. The van der Waals surface area contributed by atoms with Crippen LogP contribution in [0.1, 0.15) is 11.1 Å². The summed E-state index contributed by atoms with van der Waals surface area (Å²) in [7, 11) is 0. The lowest BCUT2D eigenvalue weighted by molar-refractivity contribution is 0.783. The van der Waals surface area contributed by atoms with E-state index in [0.717, 1.165) is 18.1 Å². The lowest BCUT2D eigenvalue weighted by atomic mass is 10.2. The van der Waals surface area contributed by atoms with Crippen molar-refractivity contribution in [2.24, 2.45) is 0 Å². The number of hydrogen-bond acceptors (Lipinski definition) is 1. The van der Waals surface area contributed by atoms with Crippen LogP contribution in [0.5, 0.6) is 0 Å². The Balaban J connectivity index is 1.73. The van der Waals surface area contributed by atoms with Crippen molar-refractivity contribution in [1.29, 1.82) is 0 Å². The van der Waals surface area contributed by atoms with Gasteiger partial charge in [-0.15, -0.1) is 0 Å². The molecule has 0 radical (unpaired) electrons. The zero-order valence-electron chi connectivity index (χ0n) is 12.6. The maximum atomic E-state index is 5.98. The number of aromatic nitrogens is 3. The first-order valence-electron chi connectivity index (χ1n) is 7.56. The van der Waals surface area contributed by atoms with Gasteiger partial charge in [0.15, 0.2) is 0 Å².